The van der Waals surface area contributed by atoms with Gasteiger partial charge in [-0.1, -0.05) is 0 Å². The van der Waals surface area contributed by atoms with Crippen molar-refractivity contribution in [3.63, 3.8) is 0 Å². The molecular weight excluding hydrogens is 366 g/mol. The minimum absolute atomic E-state index is 0.132. The van der Waals surface area contributed by atoms with Gasteiger partial charge in [0.2, 0.25) is 0 Å². The molecule has 0 radical (unpaired) electrons. The Hall–Kier alpha value is -2.74. The number of hydrogen-bond donors (Lipinski definition) is 0. The first-order valence-corrected chi connectivity index (χ1v) is 7.36. The maximum Gasteiger partial charge on any atom is 0.338 e. The Morgan fingerprint density at radius 3 is 2.78 bits per heavy atom. The summed E-state index contributed by atoms with van der Waals surface area (Å²) in [4.78, 5) is 28.2. The number of carbonyl (C=O) groups excluding carboxylic acids is 1. The van der Waals surface area contributed by atoms with Crippen LogP contribution in [0.25, 0.3) is 5.65 Å². The summed E-state index contributed by atoms with van der Waals surface area (Å²) >= 11 is 3.29. The van der Waals surface area contributed by atoms with E-state index in [2.05, 4.69) is 20.9 Å². The number of carbonyl (C=O) groups is 1. The summed E-state index contributed by atoms with van der Waals surface area (Å²) in [6.07, 6.45) is 4.02. The molecule has 0 aliphatic heterocycles. The number of rotatable bonds is 3. The molecule has 7 nitrogen and oxygen atoms in total. The second kappa shape index (κ2) is 6.17. The summed E-state index contributed by atoms with van der Waals surface area (Å²) in [7, 11) is 0. The van der Waals surface area contributed by atoms with Crippen molar-refractivity contribution in [3.05, 3.63) is 80.2 Å². The molecule has 0 amide bonds. The van der Waals surface area contributed by atoms with E-state index in [1.165, 1.54) is 35.0 Å². The van der Waals surface area contributed by atoms with Crippen molar-refractivity contribution in [1.29, 1.82) is 0 Å². The Morgan fingerprint density at radius 1 is 1.30 bits per heavy atom. The standard InChI is InChI=1S/C15H10BrN3O4/c16-11-1-2-13-17-12(7-14(20)19(13)8-11)9-23-15(21)10-3-5-18(22)6-4-10/h1-8H,9H2. The Morgan fingerprint density at radius 2 is 2.04 bits per heavy atom. The number of nitrogens with zero attached hydrogens (tertiary/aromatic N) is 3. The van der Waals surface area contributed by atoms with Crippen LogP contribution in [0.15, 0.2) is 58.2 Å². The minimum atomic E-state index is -0.594. The zero-order chi connectivity index (χ0) is 16.4. The lowest BCUT2D eigenvalue weighted by atomic mass is 10.3. The zero-order valence-corrected chi connectivity index (χ0v) is 13.3. The fraction of sp³-hybridized carbons (Fsp3) is 0.0667. The van der Waals surface area contributed by atoms with Crippen molar-refractivity contribution in [2.24, 2.45) is 0 Å². The number of pyridine rings is 2. The van der Waals surface area contributed by atoms with E-state index < -0.39 is 5.97 Å². The number of hydrogen-bond acceptors (Lipinski definition) is 5. The first-order valence-electron chi connectivity index (χ1n) is 6.57. The molecule has 0 bridgehead atoms. The predicted octanol–water partition coefficient (Wildman–Crippen LogP) is 1.45. The minimum Gasteiger partial charge on any atom is -0.619 e. The quantitative estimate of drug-likeness (QED) is 0.392. The highest BCUT2D eigenvalue weighted by Crippen LogP contribution is 2.10. The molecule has 0 saturated carbocycles. The van der Waals surface area contributed by atoms with Crippen LogP contribution in [0.2, 0.25) is 0 Å². The summed E-state index contributed by atoms with van der Waals surface area (Å²) < 4.78 is 7.83. The fourth-order valence-corrected chi connectivity index (χ4v) is 2.31. The molecule has 0 spiro atoms. The fourth-order valence-electron chi connectivity index (χ4n) is 1.97. The maximum absolute atomic E-state index is 12.0. The summed E-state index contributed by atoms with van der Waals surface area (Å²) in [6, 6.07) is 7.47. The van der Waals surface area contributed by atoms with Gasteiger partial charge in [-0.2, -0.15) is 4.73 Å². The van der Waals surface area contributed by atoms with Crippen LogP contribution in [-0.2, 0) is 11.3 Å². The van der Waals surface area contributed by atoms with Crippen LogP contribution in [-0.4, -0.2) is 15.4 Å². The molecule has 0 N–H and O–H groups in total. The lowest BCUT2D eigenvalue weighted by molar-refractivity contribution is -0.605. The third-order valence-electron chi connectivity index (χ3n) is 3.07. The summed E-state index contributed by atoms with van der Waals surface area (Å²) in [6.45, 7) is -0.132. The molecule has 0 aromatic carbocycles. The number of halogens is 1. The van der Waals surface area contributed by atoms with Crippen LogP contribution in [0.5, 0.6) is 0 Å². The van der Waals surface area contributed by atoms with Crippen molar-refractivity contribution in [3.8, 4) is 0 Å². The summed E-state index contributed by atoms with van der Waals surface area (Å²) in [5.41, 5.74) is 0.785. The maximum atomic E-state index is 12.0. The van der Waals surface area contributed by atoms with E-state index in [-0.39, 0.29) is 17.7 Å². The largest absolute Gasteiger partial charge is 0.619 e. The Labute approximate surface area is 138 Å². The summed E-state index contributed by atoms with van der Waals surface area (Å²) in [5, 5.41) is 10.9. The summed E-state index contributed by atoms with van der Waals surface area (Å²) in [5.74, 6) is -0.594. The van der Waals surface area contributed by atoms with E-state index in [0.717, 1.165) is 4.47 Å². The molecule has 3 aromatic rings. The molecule has 8 heteroatoms. The van der Waals surface area contributed by atoms with Crippen LogP contribution in [0, 0.1) is 5.21 Å². The number of aromatic nitrogens is 3. The second-order valence-electron chi connectivity index (χ2n) is 4.68. The Balaban J connectivity index is 1.79. The van der Waals surface area contributed by atoms with Gasteiger partial charge in [-0.3, -0.25) is 9.20 Å². The van der Waals surface area contributed by atoms with E-state index in [1.54, 1.807) is 18.3 Å². The van der Waals surface area contributed by atoms with Crippen LogP contribution in [0.3, 0.4) is 0 Å². The van der Waals surface area contributed by atoms with E-state index in [0.29, 0.717) is 16.1 Å². The van der Waals surface area contributed by atoms with Gasteiger partial charge in [0, 0.05) is 28.9 Å². The van der Waals surface area contributed by atoms with Gasteiger partial charge >= 0.3 is 5.97 Å². The average Bonchev–Trinajstić information content (AvgIpc) is 2.54. The van der Waals surface area contributed by atoms with Crippen LogP contribution in [0.4, 0.5) is 0 Å². The molecular formula is C15H10BrN3O4. The van der Waals surface area contributed by atoms with Gasteiger partial charge in [0.1, 0.15) is 12.3 Å². The van der Waals surface area contributed by atoms with Gasteiger partial charge in [-0.15, -0.1) is 0 Å². The number of fused-ring (bicyclic) bond motifs is 1. The Kier molecular flexibility index (Phi) is 4.07. The van der Waals surface area contributed by atoms with E-state index >= 15 is 0 Å². The van der Waals surface area contributed by atoms with E-state index in [1.807, 2.05) is 0 Å². The van der Waals surface area contributed by atoms with Gasteiger partial charge in [0.05, 0.1) is 11.3 Å². The van der Waals surface area contributed by atoms with Crippen molar-refractivity contribution >= 4 is 27.5 Å². The molecule has 0 saturated heterocycles. The van der Waals surface area contributed by atoms with Gasteiger partial charge in [0.25, 0.3) is 5.56 Å². The zero-order valence-electron chi connectivity index (χ0n) is 11.7. The van der Waals surface area contributed by atoms with Gasteiger partial charge in [0.15, 0.2) is 12.4 Å². The molecule has 3 rings (SSSR count). The first kappa shape index (κ1) is 15.2. The lowest BCUT2D eigenvalue weighted by Crippen LogP contribution is -2.24. The normalized spacial score (nSPS) is 10.7. The van der Waals surface area contributed by atoms with Gasteiger partial charge in [-0.05, 0) is 28.1 Å². The smallest absolute Gasteiger partial charge is 0.338 e. The molecule has 0 atom stereocenters. The molecule has 23 heavy (non-hydrogen) atoms. The number of ether oxygens (including phenoxy) is 1. The monoisotopic (exact) mass is 375 g/mol. The highest BCUT2D eigenvalue weighted by atomic mass is 79.9. The van der Waals surface area contributed by atoms with Crippen LogP contribution < -0.4 is 10.3 Å². The molecule has 0 fully saturated rings. The molecule has 0 aliphatic carbocycles. The van der Waals surface area contributed by atoms with Gasteiger partial charge in [-0.25, -0.2) is 9.78 Å². The molecule has 116 valence electrons. The highest BCUT2D eigenvalue weighted by Gasteiger charge is 2.10. The predicted molar refractivity (Wildman–Crippen MR) is 83.7 cm³/mol. The second-order valence-corrected chi connectivity index (χ2v) is 5.60. The lowest BCUT2D eigenvalue weighted by Gasteiger charge is -2.06. The molecule has 0 unspecified atom stereocenters. The third kappa shape index (κ3) is 3.37. The van der Waals surface area contributed by atoms with Crippen molar-refractivity contribution in [1.82, 2.24) is 9.38 Å². The van der Waals surface area contributed by atoms with E-state index in [4.69, 9.17) is 4.74 Å². The molecule has 3 heterocycles. The third-order valence-corrected chi connectivity index (χ3v) is 3.53. The highest BCUT2D eigenvalue weighted by molar-refractivity contribution is 9.10. The van der Waals surface area contributed by atoms with Crippen molar-refractivity contribution in [2.45, 2.75) is 6.61 Å². The average molecular weight is 376 g/mol. The van der Waals surface area contributed by atoms with Crippen molar-refractivity contribution in [2.75, 3.05) is 0 Å². The molecule has 0 aliphatic rings. The van der Waals surface area contributed by atoms with Crippen LogP contribution in [0.1, 0.15) is 16.1 Å². The Bertz CT molecular complexity index is 938. The topological polar surface area (TPSA) is 87.6 Å². The van der Waals surface area contributed by atoms with Crippen LogP contribution >= 0.6 is 15.9 Å². The number of esters is 1. The SMILES string of the molecule is O=C(OCc1cc(=O)n2cc(Br)ccc2n1)c1cc[n+]([O-])cc1. The van der Waals surface area contributed by atoms with Gasteiger partial charge < -0.3 is 9.94 Å². The first-order chi connectivity index (χ1) is 11.0. The van der Waals surface area contributed by atoms with Crippen molar-refractivity contribution < 1.29 is 14.3 Å². The molecule has 3 aromatic heterocycles. The van der Waals surface area contributed by atoms with E-state index in [9.17, 15) is 14.8 Å².